The van der Waals surface area contributed by atoms with E-state index in [1.165, 1.54) is 0 Å². The number of hydrogen-bond acceptors (Lipinski definition) is 2. The number of para-hydroxylation sites is 1. The molecule has 1 atom stereocenters. The van der Waals surface area contributed by atoms with Gasteiger partial charge in [0.15, 0.2) is 5.75 Å². The van der Waals surface area contributed by atoms with Crippen LogP contribution in [0, 0.1) is 0 Å². The topological polar surface area (TPSA) is 26.3 Å². The fraction of sp³-hybridized carbons (Fsp3) is 0. The van der Waals surface area contributed by atoms with Gasteiger partial charge in [-0.2, -0.15) is 0 Å². The van der Waals surface area contributed by atoms with Crippen LogP contribution < -0.4 is 4.52 Å². The van der Waals surface area contributed by atoms with Crippen molar-refractivity contribution in [3.8, 4) is 5.75 Å². The zero-order valence-corrected chi connectivity index (χ0v) is 9.91. The van der Waals surface area contributed by atoms with Gasteiger partial charge in [-0.15, -0.1) is 0 Å². The van der Waals surface area contributed by atoms with E-state index in [1.54, 1.807) is 12.1 Å². The second kappa shape index (κ2) is 6.38. The monoisotopic (exact) mass is 190 g/mol. The normalized spacial score (nSPS) is 8.67. The number of rotatable bonds is 3. The molecule has 2 nitrogen and oxygen atoms in total. The summed E-state index contributed by atoms with van der Waals surface area (Å²) in [4.78, 5) is 0. The minimum atomic E-state index is -0.763. The average Bonchev–Trinajstić information content (AvgIpc) is 2.06. The van der Waals surface area contributed by atoms with Crippen molar-refractivity contribution in [2.75, 3.05) is 0 Å². The van der Waals surface area contributed by atoms with Crippen LogP contribution in [0.4, 0.5) is 0 Å². The molecule has 0 saturated heterocycles. The van der Waals surface area contributed by atoms with E-state index in [9.17, 15) is 4.57 Å². The molecule has 0 saturated carbocycles. The smallest absolute Gasteiger partial charge is 0.255 e. The molecule has 1 radical (unpaired) electrons. The van der Waals surface area contributed by atoms with Crippen molar-refractivity contribution in [2.24, 2.45) is 0 Å². The summed E-state index contributed by atoms with van der Waals surface area (Å²) < 4.78 is 15.0. The maximum atomic E-state index is 10.1. The van der Waals surface area contributed by atoms with Crippen molar-refractivity contribution in [1.29, 1.82) is 0 Å². The van der Waals surface area contributed by atoms with Crippen LogP contribution in [-0.4, -0.2) is 29.6 Å². The van der Waals surface area contributed by atoms with E-state index < -0.39 is 8.69 Å². The van der Waals surface area contributed by atoms with Gasteiger partial charge in [-0.25, -0.2) is 0 Å². The first-order valence-electron chi connectivity index (χ1n) is 3.14. The molecule has 1 rings (SSSR count). The fourth-order valence-electron chi connectivity index (χ4n) is 0.787. The largest absolute Gasteiger partial charge is 0.542 e. The van der Waals surface area contributed by atoms with Gasteiger partial charge >= 0.3 is 8.69 Å². The van der Waals surface area contributed by atoms with Gasteiger partial charge in [0.25, 0.3) is 0 Å². The summed E-state index contributed by atoms with van der Waals surface area (Å²) in [6.45, 7) is 3.59. The van der Waals surface area contributed by atoms with Crippen LogP contribution in [0.2, 0.25) is 0 Å². The van der Waals surface area contributed by atoms with E-state index in [-0.39, 0.29) is 29.6 Å². The van der Waals surface area contributed by atoms with Crippen molar-refractivity contribution in [3.63, 3.8) is 0 Å². The Morgan fingerprint density at radius 2 is 2.08 bits per heavy atom. The van der Waals surface area contributed by atoms with Crippen molar-refractivity contribution >= 4 is 44.3 Å². The van der Waals surface area contributed by atoms with Crippen LogP contribution in [0.3, 0.4) is 0 Å². The van der Waals surface area contributed by atoms with Gasteiger partial charge in [0.05, 0.1) is 0 Å². The fourth-order valence-corrected chi connectivity index (χ4v) is 1.06. The Bertz CT molecular complexity index is 276. The Labute approximate surface area is 95.2 Å². The van der Waals surface area contributed by atoms with Crippen molar-refractivity contribution in [2.45, 2.75) is 0 Å². The second-order valence-electron chi connectivity index (χ2n) is 1.93. The molecule has 0 aliphatic heterocycles. The van der Waals surface area contributed by atoms with Crippen molar-refractivity contribution in [3.05, 3.63) is 36.4 Å². The second-order valence-corrected chi connectivity index (χ2v) is 2.30. The Hall–Kier alpha value is -0.140. The molecule has 0 fully saturated rings. The quantitative estimate of drug-likeness (QED) is 0.539. The summed E-state index contributed by atoms with van der Waals surface area (Å²) in [5.41, 5.74) is 0.857. The first kappa shape index (κ1) is 11.9. The third kappa shape index (κ3) is 3.08. The first-order valence-corrected chi connectivity index (χ1v) is 3.95. The summed E-state index contributed by atoms with van der Waals surface area (Å²) >= 11 is 0. The van der Waals surface area contributed by atoms with Gasteiger partial charge in [0.1, 0.15) is 0 Å². The Kier molecular flexibility index (Phi) is 6.31. The Morgan fingerprint density at radius 3 is 2.67 bits per heavy atom. The van der Waals surface area contributed by atoms with Gasteiger partial charge in [-0.3, -0.25) is 4.52 Å². The average molecular weight is 190 g/mol. The molecule has 0 aromatic heterocycles. The van der Waals surface area contributed by atoms with E-state index in [0.717, 1.165) is 5.56 Å². The number of benzene rings is 1. The summed E-state index contributed by atoms with van der Waals surface area (Å²) in [5.74, 6) is 0.607. The third-order valence-corrected chi connectivity index (χ3v) is 1.59. The molecule has 0 bridgehead atoms. The SMILES string of the molecule is C=Cc1ccccc1O[PH+]=O.[Na]. The molecular weight excluding hydrogens is 182 g/mol. The molecule has 0 amide bonds. The predicted octanol–water partition coefficient (Wildman–Crippen LogP) is 2.27. The van der Waals surface area contributed by atoms with Gasteiger partial charge in [-0.05, 0) is 10.6 Å². The maximum Gasteiger partial charge on any atom is 0.542 e. The molecule has 0 aliphatic carbocycles. The van der Waals surface area contributed by atoms with Crippen LogP contribution in [0.5, 0.6) is 5.75 Å². The molecule has 0 spiro atoms. The third-order valence-electron chi connectivity index (χ3n) is 1.29. The van der Waals surface area contributed by atoms with Crippen molar-refractivity contribution in [1.82, 2.24) is 0 Å². The van der Waals surface area contributed by atoms with Crippen LogP contribution in [0.15, 0.2) is 30.8 Å². The standard InChI is InChI=1S/C8H8O2P.Na/c1-2-7-5-3-4-6-8(7)10-11-9;/h2-6,11H,1H2;/q+1;. The molecule has 12 heavy (non-hydrogen) atoms. The molecule has 0 aliphatic rings. The van der Waals surface area contributed by atoms with E-state index in [4.69, 9.17) is 4.52 Å². The number of hydrogen-bond donors (Lipinski definition) is 0. The maximum absolute atomic E-state index is 10.1. The van der Waals surface area contributed by atoms with E-state index >= 15 is 0 Å². The van der Waals surface area contributed by atoms with Gasteiger partial charge in [-0.1, -0.05) is 30.9 Å². The van der Waals surface area contributed by atoms with Crippen molar-refractivity contribution < 1.29 is 9.09 Å². The Balaban J connectivity index is 0.00000121. The van der Waals surface area contributed by atoms with E-state index in [2.05, 4.69) is 6.58 Å². The Morgan fingerprint density at radius 1 is 1.42 bits per heavy atom. The van der Waals surface area contributed by atoms with Crippen LogP contribution in [0.1, 0.15) is 5.56 Å². The van der Waals surface area contributed by atoms with E-state index in [1.807, 2.05) is 18.2 Å². The molecule has 0 heterocycles. The van der Waals surface area contributed by atoms with Crippen LogP contribution in [-0.2, 0) is 4.57 Å². The summed E-state index contributed by atoms with van der Waals surface area (Å²) in [6, 6.07) is 7.30. The summed E-state index contributed by atoms with van der Waals surface area (Å²) in [7, 11) is -0.763. The molecule has 0 N–H and O–H groups in total. The zero-order chi connectivity index (χ0) is 8.10. The predicted molar refractivity (Wildman–Crippen MR) is 51.9 cm³/mol. The van der Waals surface area contributed by atoms with Gasteiger partial charge < -0.3 is 0 Å². The van der Waals surface area contributed by atoms with Gasteiger partial charge in [0.2, 0.25) is 0 Å². The summed E-state index contributed by atoms with van der Waals surface area (Å²) in [5, 5.41) is 0. The first-order chi connectivity index (χ1) is 5.38. The van der Waals surface area contributed by atoms with Gasteiger partial charge in [0, 0.05) is 35.1 Å². The molecular formula is C8H8NaO2P+. The molecule has 57 valence electrons. The minimum absolute atomic E-state index is 0. The zero-order valence-electron chi connectivity index (χ0n) is 6.91. The van der Waals surface area contributed by atoms with E-state index in [0.29, 0.717) is 5.75 Å². The van der Waals surface area contributed by atoms with Crippen LogP contribution >= 0.6 is 8.69 Å². The summed E-state index contributed by atoms with van der Waals surface area (Å²) in [6.07, 6.45) is 1.66. The molecule has 4 heteroatoms. The molecule has 1 aromatic carbocycles. The minimum Gasteiger partial charge on any atom is -0.255 e. The molecule has 1 unspecified atom stereocenters. The molecule has 1 aromatic rings. The van der Waals surface area contributed by atoms with Crippen LogP contribution in [0.25, 0.3) is 6.08 Å².